The summed E-state index contributed by atoms with van der Waals surface area (Å²) in [5.41, 5.74) is 7.39. The molecule has 1 fully saturated rings. The Bertz CT molecular complexity index is 570. The molecule has 5 heteroatoms. The van der Waals surface area contributed by atoms with E-state index in [4.69, 9.17) is 33.5 Å². The summed E-state index contributed by atoms with van der Waals surface area (Å²) in [6, 6.07) is 5.39. The van der Waals surface area contributed by atoms with Crippen molar-refractivity contribution in [1.82, 2.24) is 5.16 Å². The van der Waals surface area contributed by atoms with Crippen LogP contribution in [0.5, 0.6) is 0 Å². The maximum Gasteiger partial charge on any atom is 0.175 e. The molecule has 1 aromatic carbocycles. The van der Waals surface area contributed by atoms with E-state index in [-0.39, 0.29) is 0 Å². The number of aromatic nitrogens is 1. The Morgan fingerprint density at radius 1 is 1.17 bits per heavy atom. The molecule has 0 bridgehead atoms. The van der Waals surface area contributed by atoms with Crippen LogP contribution in [-0.2, 0) is 0 Å². The van der Waals surface area contributed by atoms with Crippen LogP contribution in [0.4, 0.5) is 5.82 Å². The van der Waals surface area contributed by atoms with Crippen molar-refractivity contribution in [2.24, 2.45) is 0 Å². The van der Waals surface area contributed by atoms with Gasteiger partial charge in [-0.1, -0.05) is 40.8 Å². The van der Waals surface area contributed by atoms with Gasteiger partial charge in [-0.2, -0.15) is 0 Å². The van der Waals surface area contributed by atoms with Gasteiger partial charge in [0.1, 0.15) is 5.76 Å². The average molecular weight is 283 g/mol. The van der Waals surface area contributed by atoms with Gasteiger partial charge < -0.3 is 10.3 Å². The first-order chi connectivity index (χ1) is 8.68. The number of hydrogen-bond donors (Lipinski definition) is 1. The molecule has 0 spiro atoms. The van der Waals surface area contributed by atoms with Crippen molar-refractivity contribution in [3.8, 4) is 11.1 Å². The van der Waals surface area contributed by atoms with Gasteiger partial charge >= 0.3 is 0 Å². The van der Waals surface area contributed by atoms with Crippen LogP contribution < -0.4 is 5.73 Å². The van der Waals surface area contributed by atoms with E-state index in [9.17, 15) is 0 Å². The molecule has 0 unspecified atom stereocenters. The molecule has 2 N–H and O–H groups in total. The first-order valence-electron chi connectivity index (χ1n) is 5.88. The van der Waals surface area contributed by atoms with Gasteiger partial charge in [0.2, 0.25) is 0 Å². The molecule has 3 nitrogen and oxygen atoms in total. The molecule has 3 rings (SSSR count). The number of nitrogens with two attached hydrogens (primary N) is 1. The molecule has 0 amide bonds. The van der Waals surface area contributed by atoms with Crippen molar-refractivity contribution in [1.29, 1.82) is 0 Å². The molecule has 1 saturated carbocycles. The van der Waals surface area contributed by atoms with Crippen LogP contribution in [0.25, 0.3) is 11.1 Å². The van der Waals surface area contributed by atoms with Crippen molar-refractivity contribution < 1.29 is 4.52 Å². The molecule has 1 aliphatic carbocycles. The van der Waals surface area contributed by atoms with Gasteiger partial charge in [0, 0.05) is 11.5 Å². The third-order valence-electron chi connectivity index (χ3n) is 3.43. The van der Waals surface area contributed by atoms with Crippen molar-refractivity contribution in [2.45, 2.75) is 25.2 Å². The second-order valence-electron chi connectivity index (χ2n) is 4.53. The summed E-state index contributed by atoms with van der Waals surface area (Å²) in [5, 5.41) is 5.00. The van der Waals surface area contributed by atoms with Gasteiger partial charge in [0.05, 0.1) is 15.6 Å². The van der Waals surface area contributed by atoms with E-state index in [0.29, 0.717) is 21.8 Å². The highest BCUT2D eigenvalue weighted by Gasteiger charge is 2.30. The molecule has 1 aromatic heterocycles. The first kappa shape index (κ1) is 11.9. The lowest BCUT2D eigenvalue weighted by atomic mass is 9.81. The zero-order valence-corrected chi connectivity index (χ0v) is 11.1. The lowest BCUT2D eigenvalue weighted by Crippen LogP contribution is -2.09. The van der Waals surface area contributed by atoms with E-state index in [0.717, 1.165) is 29.7 Å². The number of nitrogen functional groups attached to an aromatic ring is 1. The molecule has 94 valence electrons. The number of nitrogens with zero attached hydrogens (tertiary/aromatic N) is 1. The summed E-state index contributed by atoms with van der Waals surface area (Å²) in [4.78, 5) is 0. The number of halogens is 2. The van der Waals surface area contributed by atoms with Crippen LogP contribution in [0, 0.1) is 0 Å². The second-order valence-corrected chi connectivity index (χ2v) is 5.35. The van der Waals surface area contributed by atoms with Gasteiger partial charge in [-0.15, -0.1) is 0 Å². The Morgan fingerprint density at radius 2 is 1.83 bits per heavy atom. The minimum Gasteiger partial charge on any atom is -0.380 e. The zero-order valence-electron chi connectivity index (χ0n) is 9.62. The molecule has 0 aliphatic heterocycles. The number of anilines is 1. The Hall–Kier alpha value is -1.19. The third kappa shape index (κ3) is 1.78. The van der Waals surface area contributed by atoms with Gasteiger partial charge in [0.25, 0.3) is 0 Å². The Labute approximate surface area is 115 Å². The Kier molecular flexibility index (Phi) is 2.96. The molecule has 2 aromatic rings. The predicted molar refractivity (Wildman–Crippen MR) is 73.0 cm³/mol. The SMILES string of the molecule is Nc1noc(C2CCC2)c1-c1c(Cl)cccc1Cl. The van der Waals surface area contributed by atoms with Crippen molar-refractivity contribution in [2.75, 3.05) is 5.73 Å². The number of hydrogen-bond acceptors (Lipinski definition) is 3. The van der Waals surface area contributed by atoms with Crippen molar-refractivity contribution in [3.63, 3.8) is 0 Å². The smallest absolute Gasteiger partial charge is 0.175 e. The van der Waals surface area contributed by atoms with Crippen LogP contribution in [0.15, 0.2) is 22.7 Å². The zero-order chi connectivity index (χ0) is 12.7. The predicted octanol–water partition coefficient (Wildman–Crippen LogP) is 4.50. The normalized spacial score (nSPS) is 15.7. The molecule has 0 atom stereocenters. The topological polar surface area (TPSA) is 52.0 Å². The minimum absolute atomic E-state index is 0.354. The number of rotatable bonds is 2. The lowest BCUT2D eigenvalue weighted by molar-refractivity contribution is 0.302. The Balaban J connectivity index is 2.19. The van der Waals surface area contributed by atoms with Crippen LogP contribution in [0.2, 0.25) is 10.0 Å². The fraction of sp³-hybridized carbons (Fsp3) is 0.308. The maximum absolute atomic E-state index is 6.22. The highest BCUT2D eigenvalue weighted by molar-refractivity contribution is 6.39. The van der Waals surface area contributed by atoms with E-state index >= 15 is 0 Å². The first-order valence-corrected chi connectivity index (χ1v) is 6.63. The highest BCUT2D eigenvalue weighted by atomic mass is 35.5. The highest BCUT2D eigenvalue weighted by Crippen LogP contribution is 2.46. The fourth-order valence-corrected chi connectivity index (χ4v) is 2.84. The largest absolute Gasteiger partial charge is 0.380 e. The van der Waals surface area contributed by atoms with Crippen LogP contribution >= 0.6 is 23.2 Å². The molecular weight excluding hydrogens is 271 g/mol. The molecular formula is C13H12Cl2N2O. The van der Waals surface area contributed by atoms with Gasteiger partial charge in [-0.05, 0) is 25.0 Å². The van der Waals surface area contributed by atoms with E-state index in [1.165, 1.54) is 6.42 Å². The summed E-state index contributed by atoms with van der Waals surface area (Å²) in [7, 11) is 0. The molecule has 1 heterocycles. The van der Waals surface area contributed by atoms with E-state index < -0.39 is 0 Å². The monoisotopic (exact) mass is 282 g/mol. The fourth-order valence-electron chi connectivity index (χ4n) is 2.25. The third-order valence-corrected chi connectivity index (χ3v) is 4.06. The summed E-state index contributed by atoms with van der Waals surface area (Å²) >= 11 is 12.4. The lowest BCUT2D eigenvalue weighted by Gasteiger charge is -2.23. The summed E-state index contributed by atoms with van der Waals surface area (Å²) in [6.45, 7) is 0. The van der Waals surface area contributed by atoms with Crippen molar-refractivity contribution >= 4 is 29.0 Å². The maximum atomic E-state index is 6.22. The summed E-state index contributed by atoms with van der Waals surface area (Å²) < 4.78 is 5.37. The molecule has 18 heavy (non-hydrogen) atoms. The number of benzene rings is 1. The van der Waals surface area contributed by atoms with Gasteiger partial charge in [-0.25, -0.2) is 0 Å². The minimum atomic E-state index is 0.354. The second kappa shape index (κ2) is 4.48. The molecule has 1 aliphatic rings. The summed E-state index contributed by atoms with van der Waals surface area (Å²) in [6.07, 6.45) is 3.41. The van der Waals surface area contributed by atoms with Gasteiger partial charge in [-0.3, -0.25) is 0 Å². The molecule has 0 radical (unpaired) electrons. The van der Waals surface area contributed by atoms with E-state index in [1.54, 1.807) is 18.2 Å². The quantitative estimate of drug-likeness (QED) is 0.882. The summed E-state index contributed by atoms with van der Waals surface area (Å²) in [5.74, 6) is 1.55. The van der Waals surface area contributed by atoms with Crippen molar-refractivity contribution in [3.05, 3.63) is 34.0 Å². The average Bonchev–Trinajstić information content (AvgIpc) is 2.59. The van der Waals surface area contributed by atoms with Crippen LogP contribution in [-0.4, -0.2) is 5.16 Å². The van der Waals surface area contributed by atoms with E-state index in [2.05, 4.69) is 5.16 Å². The van der Waals surface area contributed by atoms with Crippen LogP contribution in [0.1, 0.15) is 30.9 Å². The Morgan fingerprint density at radius 3 is 2.39 bits per heavy atom. The standard InChI is InChI=1S/C13H12Cl2N2O/c14-8-5-2-6-9(15)10(8)11-12(7-3-1-4-7)18-17-13(11)16/h2,5-7H,1,3-4H2,(H2,16,17). The molecule has 0 saturated heterocycles. The van der Waals surface area contributed by atoms with E-state index in [1.807, 2.05) is 0 Å². The van der Waals surface area contributed by atoms with Crippen LogP contribution in [0.3, 0.4) is 0 Å². The van der Waals surface area contributed by atoms with Gasteiger partial charge in [0.15, 0.2) is 5.82 Å².